The molecule has 0 saturated carbocycles. The molecule has 5 nitrogen and oxygen atoms in total. The van der Waals surface area contributed by atoms with E-state index in [1.165, 1.54) is 12.1 Å². The van der Waals surface area contributed by atoms with Gasteiger partial charge in [0, 0.05) is 34.5 Å². The molecule has 2 aromatic carbocycles. The molecular weight excluding hydrogens is 321 g/mol. The summed E-state index contributed by atoms with van der Waals surface area (Å²) >= 11 is 0. The van der Waals surface area contributed by atoms with E-state index < -0.39 is 16.0 Å². The number of anilines is 1. The molecule has 0 spiro atoms. The number of carbonyl (C=O) groups is 2. The van der Waals surface area contributed by atoms with Crippen molar-refractivity contribution in [3.63, 3.8) is 0 Å². The largest absolute Gasteiger partial charge is 0.384 e. The Labute approximate surface area is 132 Å². The molecule has 7 heteroatoms. The van der Waals surface area contributed by atoms with Crippen LogP contribution in [-0.4, -0.2) is 32.3 Å². The van der Waals surface area contributed by atoms with E-state index in [9.17, 15) is 21.9 Å². The second-order valence-electron chi connectivity index (χ2n) is 5.13. The lowest BCUT2D eigenvalue weighted by molar-refractivity contribution is 0.0979. The molecule has 23 heavy (non-hydrogen) atoms. The minimum atomic E-state index is -4.55. The van der Waals surface area contributed by atoms with Gasteiger partial charge >= 0.3 is 10.2 Å². The van der Waals surface area contributed by atoms with Crippen LogP contribution in [0.4, 0.5) is 9.57 Å². The molecule has 0 saturated heterocycles. The van der Waals surface area contributed by atoms with Crippen molar-refractivity contribution in [1.29, 1.82) is 0 Å². The molecule has 0 aromatic heterocycles. The predicted octanol–water partition coefficient (Wildman–Crippen LogP) is 2.17. The van der Waals surface area contributed by atoms with Gasteiger partial charge in [0.2, 0.25) is 0 Å². The van der Waals surface area contributed by atoms with E-state index in [-0.39, 0.29) is 23.7 Å². The van der Waals surface area contributed by atoms with Gasteiger partial charge in [-0.2, -0.15) is 8.42 Å². The minimum Gasteiger partial charge on any atom is -0.384 e. The fourth-order valence-corrected chi connectivity index (χ4v) is 2.87. The lowest BCUT2D eigenvalue weighted by Crippen LogP contribution is -2.21. The van der Waals surface area contributed by atoms with Gasteiger partial charge in [-0.25, -0.2) is 0 Å². The highest BCUT2D eigenvalue weighted by molar-refractivity contribution is 7.86. The monoisotopic (exact) mass is 333 g/mol. The molecule has 1 aliphatic carbocycles. The number of nitrogens with one attached hydrogen (secondary N) is 1. The molecule has 0 atom stereocenters. The SMILES string of the molecule is O=C1c2ccccc2C(=O)c2cc(NCCS(=O)(=O)F)ccc21. The first-order valence-corrected chi connectivity index (χ1v) is 8.41. The highest BCUT2D eigenvalue weighted by Gasteiger charge is 2.29. The summed E-state index contributed by atoms with van der Waals surface area (Å²) in [6, 6.07) is 11.1. The average Bonchev–Trinajstić information content (AvgIpc) is 2.51. The number of rotatable bonds is 4. The molecule has 1 N–H and O–H groups in total. The summed E-state index contributed by atoms with van der Waals surface area (Å²) in [4.78, 5) is 24.9. The summed E-state index contributed by atoms with van der Waals surface area (Å²) in [5.74, 6) is -1.16. The van der Waals surface area contributed by atoms with Gasteiger partial charge in [-0.15, -0.1) is 3.89 Å². The first-order valence-electron chi connectivity index (χ1n) is 6.85. The standard InChI is InChI=1S/C16H12FNO4S/c17-23(21,22)8-7-18-10-5-6-13-14(9-10)16(20)12-4-2-1-3-11(12)15(13)19/h1-6,9,18H,7-8H2. The van der Waals surface area contributed by atoms with Gasteiger partial charge in [0.1, 0.15) is 0 Å². The summed E-state index contributed by atoms with van der Waals surface area (Å²) < 4.78 is 33.4. The van der Waals surface area contributed by atoms with Crippen molar-refractivity contribution in [2.75, 3.05) is 17.6 Å². The van der Waals surface area contributed by atoms with Crippen LogP contribution in [0.2, 0.25) is 0 Å². The molecule has 0 radical (unpaired) electrons. The van der Waals surface area contributed by atoms with Gasteiger partial charge in [-0.1, -0.05) is 24.3 Å². The molecule has 1 aliphatic rings. The zero-order chi connectivity index (χ0) is 16.6. The Kier molecular flexibility index (Phi) is 3.73. The second-order valence-corrected chi connectivity index (χ2v) is 6.62. The van der Waals surface area contributed by atoms with Crippen LogP contribution < -0.4 is 5.32 Å². The first-order chi connectivity index (χ1) is 10.9. The maximum absolute atomic E-state index is 12.5. The van der Waals surface area contributed by atoms with Gasteiger partial charge in [0.25, 0.3) is 0 Å². The number of hydrogen-bond donors (Lipinski definition) is 1. The number of halogens is 1. The highest BCUT2D eigenvalue weighted by Crippen LogP contribution is 2.28. The highest BCUT2D eigenvalue weighted by atomic mass is 32.3. The Morgan fingerprint density at radius 3 is 2.04 bits per heavy atom. The van der Waals surface area contributed by atoms with E-state index in [4.69, 9.17) is 0 Å². The Bertz CT molecular complexity index is 921. The van der Waals surface area contributed by atoms with Crippen LogP contribution >= 0.6 is 0 Å². The molecule has 0 heterocycles. The number of ketones is 2. The third-order valence-electron chi connectivity index (χ3n) is 3.60. The zero-order valence-corrected chi connectivity index (χ0v) is 12.7. The molecule has 0 aliphatic heterocycles. The van der Waals surface area contributed by atoms with Crippen LogP contribution in [0.5, 0.6) is 0 Å². The number of hydrogen-bond acceptors (Lipinski definition) is 5. The summed E-state index contributed by atoms with van der Waals surface area (Å²) in [5.41, 5.74) is 1.72. The molecule has 0 bridgehead atoms. The third kappa shape index (κ3) is 3.00. The number of fused-ring (bicyclic) bond motifs is 2. The third-order valence-corrected chi connectivity index (χ3v) is 4.29. The fourth-order valence-electron chi connectivity index (χ4n) is 2.53. The van der Waals surface area contributed by atoms with Crippen molar-refractivity contribution in [2.45, 2.75) is 0 Å². The summed E-state index contributed by atoms with van der Waals surface area (Å²) in [6.07, 6.45) is 0. The maximum atomic E-state index is 12.5. The fraction of sp³-hybridized carbons (Fsp3) is 0.125. The van der Waals surface area contributed by atoms with E-state index in [0.717, 1.165) is 0 Å². The quantitative estimate of drug-likeness (QED) is 0.740. The van der Waals surface area contributed by atoms with Gasteiger partial charge in [0.05, 0.1) is 5.75 Å². The molecule has 3 rings (SSSR count). The van der Waals surface area contributed by atoms with Crippen molar-refractivity contribution < 1.29 is 21.9 Å². The average molecular weight is 333 g/mol. The van der Waals surface area contributed by atoms with Crippen LogP contribution in [0.15, 0.2) is 42.5 Å². The van der Waals surface area contributed by atoms with Crippen molar-refractivity contribution in [1.82, 2.24) is 0 Å². The van der Waals surface area contributed by atoms with Gasteiger partial charge in [-0.05, 0) is 18.2 Å². The Morgan fingerprint density at radius 2 is 1.43 bits per heavy atom. The van der Waals surface area contributed by atoms with E-state index in [0.29, 0.717) is 22.4 Å². The smallest absolute Gasteiger partial charge is 0.304 e. The number of carbonyl (C=O) groups excluding carboxylic acids is 2. The molecular formula is C16H12FNO4S. The predicted molar refractivity (Wildman–Crippen MR) is 83.1 cm³/mol. The molecule has 0 fully saturated rings. The molecule has 2 aromatic rings. The van der Waals surface area contributed by atoms with E-state index in [1.807, 2.05) is 0 Å². The summed E-state index contributed by atoms with van der Waals surface area (Å²) in [6.45, 7) is -0.129. The van der Waals surface area contributed by atoms with E-state index in [1.54, 1.807) is 30.3 Å². The molecule has 0 amide bonds. The van der Waals surface area contributed by atoms with Crippen molar-refractivity contribution >= 4 is 27.5 Å². The van der Waals surface area contributed by atoms with Crippen LogP contribution in [0.25, 0.3) is 0 Å². The van der Waals surface area contributed by atoms with Gasteiger partial charge in [0.15, 0.2) is 11.6 Å². The zero-order valence-electron chi connectivity index (χ0n) is 11.9. The van der Waals surface area contributed by atoms with E-state index in [2.05, 4.69) is 5.32 Å². The summed E-state index contributed by atoms with van der Waals surface area (Å²) in [7, 11) is -4.55. The lowest BCUT2D eigenvalue weighted by atomic mass is 9.84. The maximum Gasteiger partial charge on any atom is 0.304 e. The van der Waals surface area contributed by atoms with E-state index >= 15 is 0 Å². The Balaban J connectivity index is 1.91. The lowest BCUT2D eigenvalue weighted by Gasteiger charge is -2.18. The Hall–Kier alpha value is -2.54. The van der Waals surface area contributed by atoms with Crippen molar-refractivity contribution in [3.8, 4) is 0 Å². The Morgan fingerprint density at radius 1 is 0.870 bits per heavy atom. The van der Waals surface area contributed by atoms with Crippen molar-refractivity contribution in [3.05, 3.63) is 64.7 Å². The van der Waals surface area contributed by atoms with Crippen LogP contribution in [0.3, 0.4) is 0 Å². The number of benzene rings is 2. The van der Waals surface area contributed by atoms with Crippen LogP contribution in [0.1, 0.15) is 31.8 Å². The second kappa shape index (κ2) is 5.58. The minimum absolute atomic E-state index is 0.129. The topological polar surface area (TPSA) is 80.3 Å². The molecule has 0 unspecified atom stereocenters. The van der Waals surface area contributed by atoms with Crippen LogP contribution in [0, 0.1) is 0 Å². The normalized spacial score (nSPS) is 13.4. The summed E-state index contributed by atoms with van der Waals surface area (Å²) in [5, 5.41) is 2.73. The molecule has 118 valence electrons. The van der Waals surface area contributed by atoms with Crippen LogP contribution in [-0.2, 0) is 10.2 Å². The van der Waals surface area contributed by atoms with Gasteiger partial charge in [-0.3, -0.25) is 9.59 Å². The first kappa shape index (κ1) is 15.4. The van der Waals surface area contributed by atoms with Gasteiger partial charge < -0.3 is 5.32 Å². The van der Waals surface area contributed by atoms with Crippen molar-refractivity contribution in [2.24, 2.45) is 0 Å².